The molecule has 2 heterocycles. The lowest BCUT2D eigenvalue weighted by atomic mass is 10.2. The van der Waals surface area contributed by atoms with Crippen LogP contribution in [0, 0.1) is 6.92 Å². The third-order valence-electron chi connectivity index (χ3n) is 2.55. The van der Waals surface area contributed by atoms with E-state index in [1.165, 1.54) is 11.9 Å². The number of alkyl halides is 2. The second kappa shape index (κ2) is 5.40. The molecule has 0 aromatic carbocycles. The van der Waals surface area contributed by atoms with Gasteiger partial charge in [-0.25, -0.2) is 14.2 Å². The first kappa shape index (κ1) is 12.9. The van der Waals surface area contributed by atoms with E-state index in [2.05, 4.69) is 15.1 Å². The fourth-order valence-electron chi connectivity index (χ4n) is 1.69. The number of nitrogens with one attached hydrogen (secondary N) is 1. The maximum absolute atomic E-state index is 12.7. The molecule has 1 fully saturated rings. The largest absolute Gasteiger partial charge is 0.378 e. The first-order valence-corrected chi connectivity index (χ1v) is 5.48. The van der Waals surface area contributed by atoms with Gasteiger partial charge in [-0.15, -0.1) is 0 Å². The molecule has 1 aromatic heterocycles. The molecule has 1 N–H and O–H groups in total. The summed E-state index contributed by atoms with van der Waals surface area (Å²) in [4.78, 5) is 12.1. The summed E-state index contributed by atoms with van der Waals surface area (Å²) in [6.07, 6.45) is -2.87. The van der Waals surface area contributed by atoms with Crippen LogP contribution in [0.2, 0.25) is 0 Å². The Kier molecular flexibility index (Phi) is 3.87. The van der Waals surface area contributed by atoms with Crippen LogP contribution in [-0.4, -0.2) is 42.4 Å². The van der Waals surface area contributed by atoms with Crippen molar-refractivity contribution in [1.82, 2.24) is 15.6 Å². The number of carbonyl (C=O) groups excluding carboxylic acids is 1. The van der Waals surface area contributed by atoms with Crippen LogP contribution in [0.3, 0.4) is 0 Å². The van der Waals surface area contributed by atoms with Gasteiger partial charge in [-0.1, -0.05) is 5.16 Å². The highest BCUT2D eigenvalue weighted by molar-refractivity contribution is 5.96. The molecule has 6 nitrogen and oxygen atoms in total. The van der Waals surface area contributed by atoms with Crippen molar-refractivity contribution in [2.45, 2.75) is 13.3 Å². The second-order valence-corrected chi connectivity index (χ2v) is 3.79. The Bertz CT molecular complexity index is 428. The van der Waals surface area contributed by atoms with Crippen LogP contribution < -0.4 is 5.43 Å². The number of carbonyl (C=O) groups is 1. The lowest BCUT2D eigenvalue weighted by Crippen LogP contribution is -2.44. The monoisotopic (exact) mass is 261 g/mol. The first-order valence-electron chi connectivity index (χ1n) is 5.48. The molecule has 0 aliphatic carbocycles. The molecule has 0 unspecified atom stereocenters. The van der Waals surface area contributed by atoms with Gasteiger partial charge in [-0.05, 0) is 6.92 Å². The van der Waals surface area contributed by atoms with Crippen LogP contribution in [0.4, 0.5) is 8.78 Å². The van der Waals surface area contributed by atoms with Crippen molar-refractivity contribution in [2.24, 2.45) is 0 Å². The molecule has 1 aliphatic heterocycles. The third kappa shape index (κ3) is 2.49. The van der Waals surface area contributed by atoms with Crippen molar-refractivity contribution in [3.63, 3.8) is 0 Å². The zero-order valence-corrected chi connectivity index (χ0v) is 9.78. The molecule has 0 radical (unpaired) electrons. The molecule has 8 heteroatoms. The lowest BCUT2D eigenvalue weighted by molar-refractivity contribution is 0.0636. The fourth-order valence-corrected chi connectivity index (χ4v) is 1.69. The topological polar surface area (TPSA) is 67.6 Å². The Labute approximate surface area is 102 Å². The maximum Gasteiger partial charge on any atom is 0.298 e. The van der Waals surface area contributed by atoms with Crippen LogP contribution in [0.25, 0.3) is 0 Å². The molecule has 18 heavy (non-hydrogen) atoms. The van der Waals surface area contributed by atoms with E-state index in [9.17, 15) is 13.6 Å². The first-order chi connectivity index (χ1) is 8.61. The molecule has 0 spiro atoms. The van der Waals surface area contributed by atoms with Gasteiger partial charge in [0, 0.05) is 6.54 Å². The molecule has 0 saturated carbocycles. The molecule has 2 rings (SSSR count). The summed E-state index contributed by atoms with van der Waals surface area (Å²) >= 11 is 0. The molecule has 1 aromatic rings. The van der Waals surface area contributed by atoms with Gasteiger partial charge in [-0.2, -0.15) is 0 Å². The van der Waals surface area contributed by atoms with Gasteiger partial charge >= 0.3 is 0 Å². The number of hydrazine groups is 1. The number of aryl methyl sites for hydroxylation is 1. The zero-order chi connectivity index (χ0) is 13.1. The summed E-state index contributed by atoms with van der Waals surface area (Å²) in [5.41, 5.74) is 2.78. The molecule has 100 valence electrons. The quantitative estimate of drug-likeness (QED) is 0.856. The van der Waals surface area contributed by atoms with Crippen LogP contribution in [-0.2, 0) is 4.74 Å². The van der Waals surface area contributed by atoms with Crippen molar-refractivity contribution in [3.8, 4) is 0 Å². The summed E-state index contributed by atoms with van der Waals surface area (Å²) in [5, 5.41) is 4.66. The minimum absolute atomic E-state index is 0.155. The van der Waals surface area contributed by atoms with E-state index in [1.54, 1.807) is 0 Å². The fraction of sp³-hybridized carbons (Fsp3) is 0.600. The Morgan fingerprint density at radius 2 is 2.28 bits per heavy atom. The minimum Gasteiger partial charge on any atom is -0.378 e. The number of rotatable bonds is 2. The highest BCUT2D eigenvalue weighted by Crippen LogP contribution is 2.26. The zero-order valence-electron chi connectivity index (χ0n) is 9.78. The van der Waals surface area contributed by atoms with Crippen LogP contribution in [0.15, 0.2) is 4.52 Å². The average molecular weight is 261 g/mol. The van der Waals surface area contributed by atoms with Gasteiger partial charge in [0.1, 0.15) is 5.56 Å². The molecule has 1 aliphatic rings. The minimum atomic E-state index is -2.87. The summed E-state index contributed by atoms with van der Waals surface area (Å²) in [6, 6.07) is 0. The second-order valence-electron chi connectivity index (χ2n) is 3.79. The number of hydrogen-bond donors (Lipinski definition) is 1. The molecular weight excluding hydrogens is 248 g/mol. The van der Waals surface area contributed by atoms with Crippen LogP contribution in [0.1, 0.15) is 28.2 Å². The van der Waals surface area contributed by atoms with Gasteiger partial charge < -0.3 is 9.26 Å². The van der Waals surface area contributed by atoms with Crippen molar-refractivity contribution in [3.05, 3.63) is 17.0 Å². The van der Waals surface area contributed by atoms with Crippen molar-refractivity contribution >= 4 is 5.91 Å². The molecular formula is C10H13F2N3O3. The summed E-state index contributed by atoms with van der Waals surface area (Å²) in [7, 11) is 0. The Morgan fingerprint density at radius 1 is 1.50 bits per heavy atom. The number of ether oxygens (including phenoxy) is 1. The van der Waals surface area contributed by atoms with Crippen molar-refractivity contribution in [1.29, 1.82) is 0 Å². The highest BCUT2D eigenvalue weighted by atomic mass is 19.3. The van der Waals surface area contributed by atoms with Gasteiger partial charge in [0.25, 0.3) is 12.3 Å². The van der Waals surface area contributed by atoms with Gasteiger partial charge in [-0.3, -0.25) is 9.80 Å². The lowest BCUT2D eigenvalue weighted by Gasteiger charge is -2.20. The molecule has 0 atom stereocenters. The number of aromatic nitrogens is 1. The van der Waals surface area contributed by atoms with E-state index in [1.807, 2.05) is 0 Å². The maximum atomic E-state index is 12.7. The molecule has 1 saturated heterocycles. The normalized spacial score (nSPS) is 17.0. The SMILES string of the molecule is Cc1noc(C(F)F)c1C(=O)N1CCOCCN1. The third-order valence-corrected chi connectivity index (χ3v) is 2.55. The summed E-state index contributed by atoms with van der Waals surface area (Å²) in [6.45, 7) is 3.00. The highest BCUT2D eigenvalue weighted by Gasteiger charge is 2.30. The van der Waals surface area contributed by atoms with Crippen LogP contribution >= 0.6 is 0 Å². The van der Waals surface area contributed by atoms with Crippen molar-refractivity contribution < 1.29 is 22.8 Å². The van der Waals surface area contributed by atoms with E-state index in [0.29, 0.717) is 19.8 Å². The number of hydrogen-bond acceptors (Lipinski definition) is 5. The van der Waals surface area contributed by atoms with E-state index in [0.717, 1.165) is 0 Å². The summed E-state index contributed by atoms with van der Waals surface area (Å²) < 4.78 is 35.0. The van der Waals surface area contributed by atoms with E-state index in [-0.39, 0.29) is 17.8 Å². The number of nitrogens with zero attached hydrogens (tertiary/aromatic N) is 2. The van der Waals surface area contributed by atoms with Gasteiger partial charge in [0.05, 0.1) is 25.5 Å². The molecule has 1 amide bonds. The number of halogens is 2. The predicted molar refractivity (Wildman–Crippen MR) is 56.1 cm³/mol. The molecule has 0 bridgehead atoms. The Morgan fingerprint density at radius 3 is 3.00 bits per heavy atom. The predicted octanol–water partition coefficient (Wildman–Crippen LogP) is 0.898. The van der Waals surface area contributed by atoms with Crippen LogP contribution in [0.5, 0.6) is 0 Å². The van der Waals surface area contributed by atoms with E-state index >= 15 is 0 Å². The Balaban J connectivity index is 2.24. The Hall–Kier alpha value is -1.54. The summed E-state index contributed by atoms with van der Waals surface area (Å²) in [5.74, 6) is -1.26. The average Bonchev–Trinajstić information content (AvgIpc) is 2.56. The van der Waals surface area contributed by atoms with E-state index < -0.39 is 18.1 Å². The number of amides is 1. The smallest absolute Gasteiger partial charge is 0.298 e. The van der Waals surface area contributed by atoms with Gasteiger partial charge in [0.15, 0.2) is 0 Å². The standard InChI is InChI=1S/C10H13F2N3O3/c1-6-7(8(9(11)12)18-14-6)10(16)15-3-5-17-4-2-13-15/h9,13H,2-5H2,1H3. The van der Waals surface area contributed by atoms with E-state index in [4.69, 9.17) is 4.74 Å². The van der Waals surface area contributed by atoms with Gasteiger partial charge in [0.2, 0.25) is 5.76 Å². The van der Waals surface area contributed by atoms with Crippen molar-refractivity contribution in [2.75, 3.05) is 26.3 Å².